The third-order valence-corrected chi connectivity index (χ3v) is 2.56. The van der Waals surface area contributed by atoms with E-state index in [4.69, 9.17) is 17.3 Å². The summed E-state index contributed by atoms with van der Waals surface area (Å²) < 4.78 is 0. The van der Waals surface area contributed by atoms with Crippen molar-refractivity contribution in [1.82, 2.24) is 0 Å². The molecule has 1 aliphatic carbocycles. The van der Waals surface area contributed by atoms with Crippen molar-refractivity contribution in [1.29, 1.82) is 0 Å². The number of halogens is 1. The van der Waals surface area contributed by atoms with E-state index in [1.807, 2.05) is 24.3 Å². The second kappa shape index (κ2) is 3.17. The highest BCUT2D eigenvalue weighted by Crippen LogP contribution is 2.34. The third-order valence-electron chi connectivity index (χ3n) is 2.31. The summed E-state index contributed by atoms with van der Waals surface area (Å²) in [5.74, 6) is 0. The molecule has 13 heavy (non-hydrogen) atoms. The van der Waals surface area contributed by atoms with Gasteiger partial charge in [0.25, 0.3) is 0 Å². The fourth-order valence-electron chi connectivity index (χ4n) is 1.15. The van der Waals surface area contributed by atoms with Crippen LogP contribution in [-0.4, -0.2) is 5.54 Å². The SMILES string of the molecule is NC1(/C=C/c2ccc(Cl)cc2)CC1. The molecule has 1 aliphatic rings. The molecule has 0 atom stereocenters. The summed E-state index contributed by atoms with van der Waals surface area (Å²) in [4.78, 5) is 0. The maximum atomic E-state index is 5.91. The van der Waals surface area contributed by atoms with Crippen LogP contribution in [0.5, 0.6) is 0 Å². The molecule has 0 amide bonds. The van der Waals surface area contributed by atoms with Crippen LogP contribution in [0.25, 0.3) is 6.08 Å². The fraction of sp³-hybridized carbons (Fsp3) is 0.273. The lowest BCUT2D eigenvalue weighted by atomic mass is 10.1. The molecule has 2 N–H and O–H groups in total. The van der Waals surface area contributed by atoms with Crippen LogP contribution in [-0.2, 0) is 0 Å². The van der Waals surface area contributed by atoms with E-state index in [0.717, 1.165) is 23.4 Å². The molecule has 2 rings (SSSR count). The van der Waals surface area contributed by atoms with Crippen molar-refractivity contribution >= 4 is 17.7 Å². The summed E-state index contributed by atoms with van der Waals surface area (Å²) >= 11 is 5.77. The maximum absolute atomic E-state index is 5.91. The lowest BCUT2D eigenvalue weighted by molar-refractivity contribution is 0.860. The average molecular weight is 194 g/mol. The second-order valence-electron chi connectivity index (χ2n) is 3.62. The number of hydrogen-bond donors (Lipinski definition) is 1. The average Bonchev–Trinajstić information content (AvgIpc) is 2.84. The van der Waals surface area contributed by atoms with Gasteiger partial charge in [-0.05, 0) is 30.5 Å². The molecule has 0 radical (unpaired) electrons. The Hall–Kier alpha value is -0.790. The molecule has 1 saturated carbocycles. The Morgan fingerprint density at radius 3 is 2.38 bits per heavy atom. The van der Waals surface area contributed by atoms with E-state index in [1.165, 1.54) is 0 Å². The van der Waals surface area contributed by atoms with Crippen molar-refractivity contribution < 1.29 is 0 Å². The van der Waals surface area contributed by atoms with Crippen LogP contribution in [0.1, 0.15) is 18.4 Å². The minimum absolute atomic E-state index is 0.0142. The van der Waals surface area contributed by atoms with Gasteiger partial charge < -0.3 is 5.73 Å². The Kier molecular flexibility index (Phi) is 2.14. The van der Waals surface area contributed by atoms with Crippen molar-refractivity contribution in [3.8, 4) is 0 Å². The quantitative estimate of drug-likeness (QED) is 0.768. The zero-order chi connectivity index (χ0) is 9.31. The third kappa shape index (κ3) is 2.33. The molecule has 2 heteroatoms. The summed E-state index contributed by atoms with van der Waals surface area (Å²) in [6.07, 6.45) is 6.35. The first-order chi connectivity index (χ1) is 6.18. The molecular weight excluding hydrogens is 182 g/mol. The van der Waals surface area contributed by atoms with Gasteiger partial charge in [-0.25, -0.2) is 0 Å². The molecule has 1 aromatic rings. The smallest absolute Gasteiger partial charge is 0.0406 e. The Bertz CT molecular complexity index is 322. The number of hydrogen-bond acceptors (Lipinski definition) is 1. The van der Waals surface area contributed by atoms with Gasteiger partial charge in [-0.1, -0.05) is 35.9 Å². The lowest BCUT2D eigenvalue weighted by Crippen LogP contribution is -2.17. The van der Waals surface area contributed by atoms with Gasteiger partial charge in [0.05, 0.1) is 0 Å². The van der Waals surface area contributed by atoms with Gasteiger partial charge in [0.15, 0.2) is 0 Å². The Morgan fingerprint density at radius 1 is 1.23 bits per heavy atom. The van der Waals surface area contributed by atoms with Crippen LogP contribution < -0.4 is 5.73 Å². The van der Waals surface area contributed by atoms with Crippen molar-refractivity contribution in [2.24, 2.45) is 5.73 Å². The van der Waals surface area contributed by atoms with Crippen molar-refractivity contribution in [2.45, 2.75) is 18.4 Å². The maximum Gasteiger partial charge on any atom is 0.0406 e. The monoisotopic (exact) mass is 193 g/mol. The summed E-state index contributed by atoms with van der Waals surface area (Å²) in [5, 5.41) is 0.769. The first kappa shape index (κ1) is 8.79. The van der Waals surface area contributed by atoms with Gasteiger partial charge in [-0.2, -0.15) is 0 Å². The molecule has 1 aromatic carbocycles. The topological polar surface area (TPSA) is 26.0 Å². The van der Waals surface area contributed by atoms with Crippen LogP contribution in [0.2, 0.25) is 5.02 Å². The first-order valence-electron chi connectivity index (χ1n) is 4.42. The minimum Gasteiger partial charge on any atom is -0.322 e. The standard InChI is InChI=1S/C11H12ClN/c12-10-3-1-9(2-4-10)5-6-11(13)7-8-11/h1-6H,7-8,13H2/b6-5+. The van der Waals surface area contributed by atoms with E-state index in [-0.39, 0.29) is 5.54 Å². The number of nitrogens with two attached hydrogens (primary N) is 1. The van der Waals surface area contributed by atoms with Gasteiger partial charge in [0.1, 0.15) is 0 Å². The molecule has 1 fully saturated rings. The van der Waals surface area contributed by atoms with Crippen LogP contribution in [0.3, 0.4) is 0 Å². The molecule has 0 aromatic heterocycles. The lowest BCUT2D eigenvalue weighted by Gasteiger charge is -1.99. The fourth-order valence-corrected chi connectivity index (χ4v) is 1.27. The molecule has 0 heterocycles. The summed E-state index contributed by atoms with van der Waals surface area (Å²) in [6, 6.07) is 7.75. The van der Waals surface area contributed by atoms with Gasteiger partial charge >= 0.3 is 0 Å². The van der Waals surface area contributed by atoms with E-state index in [1.54, 1.807) is 0 Å². The molecule has 0 unspecified atom stereocenters. The Balaban J connectivity index is 2.09. The van der Waals surface area contributed by atoms with Gasteiger partial charge in [-0.3, -0.25) is 0 Å². The molecule has 0 saturated heterocycles. The van der Waals surface area contributed by atoms with E-state index in [2.05, 4.69) is 12.2 Å². The van der Waals surface area contributed by atoms with Crippen LogP contribution >= 0.6 is 11.6 Å². The molecule has 0 spiro atoms. The number of rotatable bonds is 2. The van der Waals surface area contributed by atoms with Gasteiger partial charge in [-0.15, -0.1) is 0 Å². The summed E-state index contributed by atoms with van der Waals surface area (Å²) in [7, 11) is 0. The predicted octanol–water partition coefficient (Wildman–Crippen LogP) is 2.84. The zero-order valence-electron chi connectivity index (χ0n) is 7.33. The van der Waals surface area contributed by atoms with E-state index in [0.29, 0.717) is 0 Å². The summed E-state index contributed by atoms with van der Waals surface area (Å²) in [5.41, 5.74) is 7.05. The van der Waals surface area contributed by atoms with Crippen LogP contribution in [0, 0.1) is 0 Å². The molecule has 0 aliphatic heterocycles. The van der Waals surface area contributed by atoms with Crippen molar-refractivity contribution in [2.75, 3.05) is 0 Å². The normalized spacial score (nSPS) is 19.2. The van der Waals surface area contributed by atoms with Crippen LogP contribution in [0.15, 0.2) is 30.3 Å². The van der Waals surface area contributed by atoms with Crippen molar-refractivity contribution in [3.63, 3.8) is 0 Å². The van der Waals surface area contributed by atoms with Gasteiger partial charge in [0.2, 0.25) is 0 Å². The largest absolute Gasteiger partial charge is 0.322 e. The van der Waals surface area contributed by atoms with Gasteiger partial charge in [0, 0.05) is 10.6 Å². The zero-order valence-corrected chi connectivity index (χ0v) is 8.09. The molecule has 68 valence electrons. The highest BCUT2D eigenvalue weighted by atomic mass is 35.5. The van der Waals surface area contributed by atoms with E-state index in [9.17, 15) is 0 Å². The number of benzene rings is 1. The Morgan fingerprint density at radius 2 is 1.85 bits per heavy atom. The summed E-state index contributed by atoms with van der Waals surface area (Å²) in [6.45, 7) is 0. The second-order valence-corrected chi connectivity index (χ2v) is 4.05. The first-order valence-corrected chi connectivity index (χ1v) is 4.79. The van der Waals surface area contributed by atoms with Crippen LogP contribution in [0.4, 0.5) is 0 Å². The Labute approximate surface area is 83.2 Å². The van der Waals surface area contributed by atoms with E-state index < -0.39 is 0 Å². The molecule has 0 bridgehead atoms. The predicted molar refractivity (Wildman–Crippen MR) is 56.6 cm³/mol. The van der Waals surface area contributed by atoms with E-state index >= 15 is 0 Å². The van der Waals surface area contributed by atoms with Crippen molar-refractivity contribution in [3.05, 3.63) is 40.9 Å². The highest BCUT2D eigenvalue weighted by molar-refractivity contribution is 6.30. The molecule has 1 nitrogen and oxygen atoms in total. The molecular formula is C11H12ClN. The minimum atomic E-state index is -0.0142. The highest BCUT2D eigenvalue weighted by Gasteiger charge is 2.34.